The fourth-order valence-electron chi connectivity index (χ4n) is 7.02. The molecule has 0 amide bonds. The lowest BCUT2D eigenvalue weighted by Crippen LogP contribution is -2.43. The minimum Gasteiger partial charge on any atom is -0.508 e. The fourth-order valence-corrected chi connectivity index (χ4v) is 8.14. The molecule has 3 aliphatic rings. The maximum absolute atomic E-state index is 16.7. The molecule has 0 bridgehead atoms. The zero-order chi connectivity index (χ0) is 32.4. The number of hydrogen-bond acceptors (Lipinski definition) is 9. The number of aromatic hydroxyl groups is 1. The van der Waals surface area contributed by atoms with Crippen LogP contribution in [0.5, 0.6) is 11.8 Å². The van der Waals surface area contributed by atoms with Crippen molar-refractivity contribution >= 4 is 37.5 Å². The highest BCUT2D eigenvalue weighted by Crippen LogP contribution is 2.41. The molecule has 1 N–H and O–H groups in total. The molecule has 0 aliphatic carbocycles. The van der Waals surface area contributed by atoms with Crippen molar-refractivity contribution in [2.24, 2.45) is 0 Å². The Bertz CT molecular complexity index is 2040. The van der Waals surface area contributed by atoms with Crippen molar-refractivity contribution in [3.8, 4) is 35.4 Å². The quantitative estimate of drug-likeness (QED) is 0.322. The van der Waals surface area contributed by atoms with Crippen molar-refractivity contribution in [2.75, 3.05) is 57.0 Å². The number of aromatic nitrogens is 3. The Morgan fingerprint density at radius 3 is 2.80 bits per heavy atom. The van der Waals surface area contributed by atoms with Gasteiger partial charge in [-0.15, -0.1) is 6.42 Å². The molecule has 3 fully saturated rings. The van der Waals surface area contributed by atoms with Crippen LogP contribution in [0.25, 0.3) is 32.9 Å². The number of fused-ring (bicyclic) bond motifs is 3. The minimum absolute atomic E-state index is 0.0624. The summed E-state index contributed by atoms with van der Waals surface area (Å²) >= 11 is 0. The highest BCUT2D eigenvalue weighted by molar-refractivity contribution is 7.89. The first-order valence-electron chi connectivity index (χ1n) is 15.0. The van der Waals surface area contributed by atoms with Crippen LogP contribution in [-0.4, -0.2) is 102 Å². The number of nitrogens with zero attached hydrogens (tertiary/aromatic N) is 6. The van der Waals surface area contributed by atoms with E-state index in [2.05, 4.69) is 25.8 Å². The van der Waals surface area contributed by atoms with Crippen LogP contribution in [0.15, 0.2) is 30.5 Å². The normalized spacial score (nSPS) is 23.5. The number of hydrogen-bond donors (Lipinski definition) is 1. The van der Waals surface area contributed by atoms with E-state index in [1.807, 2.05) is 0 Å². The van der Waals surface area contributed by atoms with Crippen molar-refractivity contribution in [1.29, 1.82) is 0 Å². The van der Waals surface area contributed by atoms with E-state index in [0.717, 1.165) is 19.4 Å². The van der Waals surface area contributed by atoms with Crippen molar-refractivity contribution in [2.45, 2.75) is 31.0 Å². The summed E-state index contributed by atoms with van der Waals surface area (Å²) in [6.45, 7) is 1.68. The lowest BCUT2D eigenvalue weighted by atomic mass is 9.95. The van der Waals surface area contributed by atoms with Crippen molar-refractivity contribution in [3.05, 3.63) is 47.7 Å². The average Bonchev–Trinajstić information content (AvgIpc) is 3.51. The zero-order valence-electron chi connectivity index (χ0n) is 25.0. The Morgan fingerprint density at radius 1 is 1.17 bits per heavy atom. The van der Waals surface area contributed by atoms with Gasteiger partial charge in [-0.1, -0.05) is 12.0 Å². The van der Waals surface area contributed by atoms with Gasteiger partial charge in [0, 0.05) is 56.8 Å². The SMILES string of the molecule is C#Cc1c(F)ccc2cc(O)cc(-c3ncc4c(N5CCN(C)S(=O)(=O)CC5)nc(OCC56CCCN5CC(F)C6)nc4c3F)c12. The summed E-state index contributed by atoms with van der Waals surface area (Å²) in [7, 11) is -2.01. The Kier molecular flexibility index (Phi) is 7.45. The summed E-state index contributed by atoms with van der Waals surface area (Å²) in [5.74, 6) is 0.579. The number of rotatable bonds is 5. The maximum atomic E-state index is 16.7. The third-order valence-corrected chi connectivity index (χ3v) is 11.2. The zero-order valence-corrected chi connectivity index (χ0v) is 25.8. The predicted octanol–water partition coefficient (Wildman–Crippen LogP) is 3.85. The third-order valence-electron chi connectivity index (χ3n) is 9.40. The van der Waals surface area contributed by atoms with E-state index in [4.69, 9.17) is 11.2 Å². The summed E-state index contributed by atoms with van der Waals surface area (Å²) in [4.78, 5) is 17.2. The van der Waals surface area contributed by atoms with Gasteiger partial charge in [0.2, 0.25) is 10.0 Å². The molecule has 0 saturated carbocycles. The molecule has 2 aromatic heterocycles. The number of likely N-dealkylation sites (N-methyl/N-ethyl adjacent to an activating group) is 1. The average molecular weight is 653 g/mol. The summed E-state index contributed by atoms with van der Waals surface area (Å²) in [6, 6.07) is 5.11. The highest BCUT2D eigenvalue weighted by Gasteiger charge is 2.49. The number of pyridine rings is 1. The van der Waals surface area contributed by atoms with E-state index in [1.54, 1.807) is 4.90 Å². The van der Waals surface area contributed by atoms with Crippen molar-refractivity contribution in [3.63, 3.8) is 0 Å². The molecule has 3 saturated heterocycles. The standard InChI is InChI=1S/C32H31F3N6O4S/c1-3-22-25(34)6-5-19-13-21(42)14-23(26(19)22)28-27(35)29-24(16-36-28)30(40-10-9-39(2)46(43,44)12-11-40)38-31(37-29)45-18-32-7-4-8-41(32)17-20(33)15-32/h1,5-6,13-14,16,20,42H,4,7-12,15,17-18H2,2H3. The summed E-state index contributed by atoms with van der Waals surface area (Å²) in [6.07, 6.45) is 7.98. The second-order valence-corrected chi connectivity index (χ2v) is 14.4. The molecule has 3 aliphatic heterocycles. The van der Waals surface area contributed by atoms with E-state index in [1.165, 1.54) is 41.8 Å². The molecule has 5 heterocycles. The van der Waals surface area contributed by atoms with E-state index in [0.29, 0.717) is 18.4 Å². The molecule has 4 aromatic rings. The van der Waals surface area contributed by atoms with Gasteiger partial charge in [0.15, 0.2) is 5.82 Å². The van der Waals surface area contributed by atoms with E-state index < -0.39 is 33.4 Å². The molecular weight excluding hydrogens is 621 g/mol. The first kappa shape index (κ1) is 30.5. The first-order chi connectivity index (χ1) is 22.0. The third kappa shape index (κ3) is 5.06. The topological polar surface area (TPSA) is 112 Å². The van der Waals surface area contributed by atoms with Crippen LogP contribution < -0.4 is 9.64 Å². The van der Waals surface area contributed by atoms with Gasteiger partial charge in [0.25, 0.3) is 0 Å². The monoisotopic (exact) mass is 652 g/mol. The van der Waals surface area contributed by atoms with Gasteiger partial charge >= 0.3 is 6.01 Å². The van der Waals surface area contributed by atoms with E-state index in [-0.39, 0.29) is 82.7 Å². The first-order valence-corrected chi connectivity index (χ1v) is 16.6. The van der Waals surface area contributed by atoms with Crippen LogP contribution in [0, 0.1) is 24.0 Å². The molecule has 46 heavy (non-hydrogen) atoms. The molecular formula is C32H31F3N6O4S. The molecule has 0 spiro atoms. The van der Waals surface area contributed by atoms with E-state index >= 15 is 4.39 Å². The van der Waals surface area contributed by atoms with Gasteiger partial charge in [-0.2, -0.15) is 9.97 Å². The van der Waals surface area contributed by atoms with Crippen LogP contribution in [0.1, 0.15) is 24.8 Å². The van der Waals surface area contributed by atoms with Crippen LogP contribution in [0.2, 0.25) is 0 Å². The summed E-state index contributed by atoms with van der Waals surface area (Å²) in [5, 5.41) is 11.3. The maximum Gasteiger partial charge on any atom is 0.319 e. The number of anilines is 1. The summed E-state index contributed by atoms with van der Waals surface area (Å²) in [5.41, 5.74) is -0.973. The Labute approximate surface area is 263 Å². The molecule has 7 rings (SSSR count). The lowest BCUT2D eigenvalue weighted by Gasteiger charge is -2.31. The van der Waals surface area contributed by atoms with Crippen LogP contribution in [0.3, 0.4) is 0 Å². The number of phenolic OH excluding ortho intramolecular Hbond substituents is 1. The largest absolute Gasteiger partial charge is 0.508 e. The van der Waals surface area contributed by atoms with Gasteiger partial charge in [0.05, 0.1) is 22.2 Å². The molecule has 14 heteroatoms. The number of ether oxygens (including phenoxy) is 1. The van der Waals surface area contributed by atoms with Crippen LogP contribution >= 0.6 is 0 Å². The van der Waals surface area contributed by atoms with E-state index in [9.17, 15) is 22.3 Å². The van der Waals surface area contributed by atoms with Gasteiger partial charge in [-0.05, 0) is 43.0 Å². The van der Waals surface area contributed by atoms with Crippen LogP contribution in [0.4, 0.5) is 19.0 Å². The smallest absolute Gasteiger partial charge is 0.319 e. The Morgan fingerprint density at radius 2 is 2.00 bits per heavy atom. The number of alkyl halides is 1. The summed E-state index contributed by atoms with van der Waals surface area (Å²) < 4.78 is 78.6. The van der Waals surface area contributed by atoms with Gasteiger partial charge in [-0.3, -0.25) is 9.88 Å². The molecule has 2 atom stereocenters. The molecule has 2 aromatic carbocycles. The second kappa shape index (κ2) is 11.3. The fraction of sp³-hybridized carbons (Fsp3) is 0.406. The molecule has 10 nitrogen and oxygen atoms in total. The van der Waals surface area contributed by atoms with Gasteiger partial charge < -0.3 is 14.7 Å². The highest BCUT2D eigenvalue weighted by atomic mass is 32.2. The molecule has 240 valence electrons. The molecule has 2 unspecified atom stereocenters. The number of terminal acetylenes is 1. The van der Waals surface area contributed by atoms with Crippen LogP contribution in [-0.2, 0) is 10.0 Å². The minimum atomic E-state index is -3.51. The van der Waals surface area contributed by atoms with Gasteiger partial charge in [-0.25, -0.2) is 25.9 Å². The number of phenols is 1. The Balaban J connectivity index is 1.39. The van der Waals surface area contributed by atoms with Crippen molar-refractivity contribution < 1.29 is 31.4 Å². The number of sulfonamides is 1. The number of benzene rings is 2. The Hall–Kier alpha value is -4.19. The molecule has 0 radical (unpaired) electrons. The predicted molar refractivity (Wildman–Crippen MR) is 167 cm³/mol. The van der Waals surface area contributed by atoms with Gasteiger partial charge in [0.1, 0.15) is 41.4 Å². The number of halogens is 3. The lowest BCUT2D eigenvalue weighted by molar-refractivity contribution is 0.107. The van der Waals surface area contributed by atoms with Crippen molar-refractivity contribution in [1.82, 2.24) is 24.2 Å². The second-order valence-electron chi connectivity index (χ2n) is 12.2.